The summed E-state index contributed by atoms with van der Waals surface area (Å²) in [5.41, 5.74) is 2.25. The molecule has 10 heteroatoms. The largest absolute Gasteiger partial charge is 0.492 e. The van der Waals surface area contributed by atoms with Gasteiger partial charge in [-0.3, -0.25) is 9.36 Å². The highest BCUT2D eigenvalue weighted by atomic mass is 79.9. The van der Waals surface area contributed by atoms with Gasteiger partial charge in [0.2, 0.25) is 0 Å². The smallest absolute Gasteiger partial charge is 0.338 e. The molecule has 0 amide bonds. The third-order valence-electron chi connectivity index (χ3n) is 5.78. The van der Waals surface area contributed by atoms with E-state index < -0.39 is 12.0 Å². The Kier molecular flexibility index (Phi) is 8.61. The molecule has 0 saturated heterocycles. The van der Waals surface area contributed by atoms with Crippen LogP contribution in [0.1, 0.15) is 37.9 Å². The normalized spacial score (nSPS) is 15.3. The van der Waals surface area contributed by atoms with Crippen molar-refractivity contribution < 1.29 is 19.0 Å². The molecule has 0 spiro atoms. The molecule has 37 heavy (non-hydrogen) atoms. The highest BCUT2D eigenvalue weighted by Crippen LogP contribution is 2.37. The number of esters is 1. The Hall–Kier alpha value is -2.82. The van der Waals surface area contributed by atoms with Gasteiger partial charge in [-0.25, -0.2) is 9.79 Å². The summed E-state index contributed by atoms with van der Waals surface area (Å²) in [7, 11) is 1.58. The Morgan fingerprint density at radius 1 is 1.22 bits per heavy atom. The maximum Gasteiger partial charge on any atom is 0.338 e. The van der Waals surface area contributed by atoms with Gasteiger partial charge in [0, 0.05) is 4.90 Å². The predicted octanol–water partition coefficient (Wildman–Crippen LogP) is 4.69. The molecule has 194 valence electrons. The standard InChI is InChI=1S/C27H27BrN2O5S2/c1-6-34-20-13-16(12-19(28)24(20)33-4)14-21-25(31)30-23(17-8-10-18(36-5)11-9-17)22(26(32)35-7-2)15(3)29-27(30)37-21/h8-14,23H,6-7H2,1-5H3/b21-14-/t23-/m0/s1. The monoisotopic (exact) mass is 602 g/mol. The number of thiazole rings is 1. The Bertz CT molecular complexity index is 1540. The van der Waals surface area contributed by atoms with E-state index in [-0.39, 0.29) is 12.2 Å². The summed E-state index contributed by atoms with van der Waals surface area (Å²) in [6.07, 6.45) is 3.80. The SMILES string of the molecule is CCOC(=O)C1=C(C)N=c2s/c(=C\c3cc(Br)c(OC)c(OCC)c3)c(=O)n2[C@H]1c1ccc(SC)cc1. The fourth-order valence-electron chi connectivity index (χ4n) is 4.18. The molecule has 2 aromatic carbocycles. The minimum atomic E-state index is -0.644. The molecule has 0 unspecified atom stereocenters. The van der Waals surface area contributed by atoms with E-state index in [1.807, 2.05) is 49.6 Å². The number of methoxy groups -OCH3 is 1. The summed E-state index contributed by atoms with van der Waals surface area (Å²) in [6, 6.07) is 10.9. The first-order valence-electron chi connectivity index (χ1n) is 11.7. The number of benzene rings is 2. The Morgan fingerprint density at radius 3 is 2.57 bits per heavy atom. The maximum absolute atomic E-state index is 13.8. The second kappa shape index (κ2) is 11.7. The Labute approximate surface area is 231 Å². The second-order valence-corrected chi connectivity index (χ2v) is 10.8. The van der Waals surface area contributed by atoms with E-state index in [0.29, 0.717) is 43.2 Å². The van der Waals surface area contributed by atoms with Gasteiger partial charge in [0.15, 0.2) is 16.3 Å². The molecule has 1 aliphatic heterocycles. The highest BCUT2D eigenvalue weighted by molar-refractivity contribution is 9.10. The van der Waals surface area contributed by atoms with Gasteiger partial charge in [-0.05, 0) is 84.4 Å². The molecule has 0 bridgehead atoms. The van der Waals surface area contributed by atoms with Crippen LogP contribution in [0.15, 0.2) is 66.8 Å². The van der Waals surface area contributed by atoms with Crippen molar-refractivity contribution in [2.75, 3.05) is 26.6 Å². The highest BCUT2D eigenvalue weighted by Gasteiger charge is 2.33. The molecular weight excluding hydrogens is 576 g/mol. The van der Waals surface area contributed by atoms with Crippen molar-refractivity contribution >= 4 is 51.1 Å². The minimum Gasteiger partial charge on any atom is -0.492 e. The number of fused-ring (bicyclic) bond motifs is 1. The van der Waals surface area contributed by atoms with Gasteiger partial charge in [-0.1, -0.05) is 23.5 Å². The van der Waals surface area contributed by atoms with Crippen molar-refractivity contribution in [1.29, 1.82) is 0 Å². The van der Waals surface area contributed by atoms with E-state index in [1.165, 1.54) is 11.3 Å². The lowest BCUT2D eigenvalue weighted by Crippen LogP contribution is -2.39. The van der Waals surface area contributed by atoms with Crippen LogP contribution >= 0.6 is 39.0 Å². The van der Waals surface area contributed by atoms with E-state index in [4.69, 9.17) is 14.2 Å². The van der Waals surface area contributed by atoms with E-state index >= 15 is 0 Å². The third-order valence-corrected chi connectivity index (χ3v) is 8.10. The molecule has 1 aliphatic rings. The van der Waals surface area contributed by atoms with E-state index in [0.717, 1.165) is 16.0 Å². The van der Waals surface area contributed by atoms with Crippen molar-refractivity contribution in [3.05, 3.63) is 83.0 Å². The second-order valence-electron chi connectivity index (χ2n) is 8.04. The van der Waals surface area contributed by atoms with Crippen LogP contribution in [-0.2, 0) is 9.53 Å². The Balaban J connectivity index is 1.92. The summed E-state index contributed by atoms with van der Waals surface area (Å²) in [5, 5.41) is 0. The first kappa shape index (κ1) is 27.2. The number of nitrogens with zero attached hydrogens (tertiary/aromatic N) is 2. The molecule has 0 saturated carbocycles. The van der Waals surface area contributed by atoms with E-state index in [2.05, 4.69) is 20.9 Å². The number of thioether (sulfide) groups is 1. The van der Waals surface area contributed by atoms with Gasteiger partial charge in [0.1, 0.15) is 0 Å². The summed E-state index contributed by atoms with van der Waals surface area (Å²) in [6.45, 7) is 6.13. The average Bonchev–Trinajstić information content (AvgIpc) is 3.17. The lowest BCUT2D eigenvalue weighted by Gasteiger charge is -2.24. The van der Waals surface area contributed by atoms with Crippen molar-refractivity contribution in [3.8, 4) is 11.5 Å². The van der Waals surface area contributed by atoms with Gasteiger partial charge in [-0.2, -0.15) is 0 Å². The number of carbonyl (C=O) groups is 1. The molecule has 7 nitrogen and oxygen atoms in total. The van der Waals surface area contributed by atoms with Crippen LogP contribution in [0.3, 0.4) is 0 Å². The lowest BCUT2D eigenvalue weighted by molar-refractivity contribution is -0.139. The number of halogens is 1. The van der Waals surface area contributed by atoms with Crippen LogP contribution in [0.2, 0.25) is 0 Å². The first-order valence-corrected chi connectivity index (χ1v) is 14.5. The van der Waals surface area contributed by atoms with Gasteiger partial charge in [0.25, 0.3) is 5.56 Å². The van der Waals surface area contributed by atoms with Gasteiger partial charge in [-0.15, -0.1) is 11.8 Å². The zero-order valence-electron chi connectivity index (χ0n) is 21.2. The quantitative estimate of drug-likeness (QED) is 0.275. The molecular formula is C27H27BrN2O5S2. The van der Waals surface area contributed by atoms with Crippen LogP contribution in [0, 0.1) is 0 Å². The molecule has 3 aromatic rings. The number of ether oxygens (including phenoxy) is 3. The van der Waals surface area contributed by atoms with E-state index in [1.54, 1.807) is 43.4 Å². The Morgan fingerprint density at radius 2 is 1.95 bits per heavy atom. The molecule has 0 N–H and O–H groups in total. The maximum atomic E-state index is 13.8. The number of carbonyl (C=O) groups excluding carboxylic acids is 1. The van der Waals surface area contributed by atoms with Crippen LogP contribution in [-0.4, -0.2) is 37.1 Å². The molecule has 0 radical (unpaired) electrons. The number of rotatable bonds is 8. The van der Waals surface area contributed by atoms with Crippen LogP contribution in [0.5, 0.6) is 11.5 Å². The fourth-order valence-corrected chi connectivity index (χ4v) is 6.25. The lowest BCUT2D eigenvalue weighted by atomic mass is 9.96. The molecule has 0 aliphatic carbocycles. The molecule has 0 fully saturated rings. The molecule has 1 aromatic heterocycles. The minimum absolute atomic E-state index is 0.229. The van der Waals surface area contributed by atoms with Crippen LogP contribution in [0.25, 0.3) is 6.08 Å². The number of allylic oxidation sites excluding steroid dienone is 1. The third kappa shape index (κ3) is 5.42. The predicted molar refractivity (Wildman–Crippen MR) is 150 cm³/mol. The molecule has 4 rings (SSSR count). The first-order chi connectivity index (χ1) is 17.8. The molecule has 1 atom stereocenters. The fraction of sp³-hybridized carbons (Fsp3) is 0.296. The number of aromatic nitrogens is 1. The summed E-state index contributed by atoms with van der Waals surface area (Å²) in [5.74, 6) is 0.687. The zero-order chi connectivity index (χ0) is 26.7. The molecule has 2 heterocycles. The number of hydrogen-bond donors (Lipinski definition) is 0. The topological polar surface area (TPSA) is 79.1 Å². The van der Waals surface area contributed by atoms with Crippen LogP contribution < -0.4 is 24.4 Å². The van der Waals surface area contributed by atoms with Crippen molar-refractivity contribution in [2.45, 2.75) is 31.7 Å². The van der Waals surface area contributed by atoms with Crippen LogP contribution in [0.4, 0.5) is 0 Å². The van der Waals surface area contributed by atoms with Gasteiger partial charge < -0.3 is 14.2 Å². The summed E-state index contributed by atoms with van der Waals surface area (Å²) >= 11 is 6.44. The summed E-state index contributed by atoms with van der Waals surface area (Å²) in [4.78, 5) is 33.1. The number of hydrogen-bond acceptors (Lipinski definition) is 8. The zero-order valence-corrected chi connectivity index (χ0v) is 24.4. The van der Waals surface area contributed by atoms with Crippen molar-refractivity contribution in [2.24, 2.45) is 4.99 Å². The van der Waals surface area contributed by atoms with E-state index in [9.17, 15) is 9.59 Å². The summed E-state index contributed by atoms with van der Waals surface area (Å²) < 4.78 is 19.3. The van der Waals surface area contributed by atoms with Gasteiger partial charge in [0.05, 0.1) is 46.6 Å². The van der Waals surface area contributed by atoms with Crippen molar-refractivity contribution in [1.82, 2.24) is 4.57 Å². The average molecular weight is 604 g/mol. The van der Waals surface area contributed by atoms with Crippen molar-refractivity contribution in [3.63, 3.8) is 0 Å². The van der Waals surface area contributed by atoms with Gasteiger partial charge >= 0.3 is 5.97 Å².